The van der Waals surface area contributed by atoms with E-state index >= 15 is 0 Å². The van der Waals surface area contributed by atoms with Crippen molar-refractivity contribution in [3.05, 3.63) is 12.2 Å². The first-order chi connectivity index (χ1) is 16.6. The summed E-state index contributed by atoms with van der Waals surface area (Å²) in [4.78, 5) is 23.0. The van der Waals surface area contributed by atoms with E-state index in [1.165, 1.54) is 103 Å². The van der Waals surface area contributed by atoms with E-state index in [4.69, 9.17) is 4.74 Å². The highest BCUT2D eigenvalue weighted by atomic mass is 16.5. The van der Waals surface area contributed by atoms with Gasteiger partial charge >= 0.3 is 11.9 Å². The van der Waals surface area contributed by atoms with Crippen LogP contribution in [0.3, 0.4) is 0 Å². The molecule has 0 aliphatic carbocycles. The van der Waals surface area contributed by atoms with Crippen LogP contribution in [0.5, 0.6) is 0 Å². The van der Waals surface area contributed by atoms with Crippen molar-refractivity contribution in [2.45, 2.75) is 155 Å². The maximum Gasteiger partial charge on any atom is 0.307 e. The number of carbonyl (C=O) groups excluding carboxylic acids is 1. The van der Waals surface area contributed by atoms with Gasteiger partial charge < -0.3 is 9.84 Å². The number of esters is 1. The number of hydrogen-bond donors (Lipinski definition) is 1. The Labute approximate surface area is 211 Å². The van der Waals surface area contributed by atoms with E-state index in [1.807, 2.05) is 6.92 Å². The number of carbonyl (C=O) groups is 2. The molecule has 0 amide bonds. The Bertz CT molecular complexity index is 486. The molecule has 34 heavy (non-hydrogen) atoms. The van der Waals surface area contributed by atoms with Crippen molar-refractivity contribution in [1.29, 1.82) is 0 Å². The third-order valence-corrected chi connectivity index (χ3v) is 6.54. The number of aliphatic carboxylic acids is 1. The summed E-state index contributed by atoms with van der Waals surface area (Å²) >= 11 is 0. The lowest BCUT2D eigenvalue weighted by atomic mass is 9.97. The summed E-state index contributed by atoms with van der Waals surface area (Å²) in [5, 5.41) is 9.30. The summed E-state index contributed by atoms with van der Waals surface area (Å²) < 4.78 is 5.02. The molecule has 1 atom stereocenters. The summed E-state index contributed by atoms with van der Waals surface area (Å²) in [5.74, 6) is -1.86. The maximum absolute atomic E-state index is 11.6. The Hall–Kier alpha value is -1.32. The fourth-order valence-corrected chi connectivity index (χ4v) is 4.31. The second-order valence-corrected chi connectivity index (χ2v) is 9.95. The smallest absolute Gasteiger partial charge is 0.307 e. The molecule has 1 N–H and O–H groups in total. The van der Waals surface area contributed by atoms with Gasteiger partial charge in [-0.25, -0.2) is 0 Å². The standard InChI is InChI=1S/C30H56O4/c1-3-5-6-7-8-9-10-11-12-13-14-15-16-17-18-19-20-21-22-23-24-25-28(30(32)33)27-29(31)34-26-4-2/h12-13,28H,3-11,14-27H2,1-2H3,(H,32,33)/b13-12+. The Morgan fingerprint density at radius 3 is 1.53 bits per heavy atom. The van der Waals surface area contributed by atoms with Crippen molar-refractivity contribution in [3.63, 3.8) is 0 Å². The number of allylic oxidation sites excluding steroid dienone is 2. The zero-order chi connectivity index (χ0) is 25.1. The van der Waals surface area contributed by atoms with E-state index in [2.05, 4.69) is 19.1 Å². The summed E-state index contributed by atoms with van der Waals surface area (Å²) in [6.07, 6.45) is 30.6. The van der Waals surface area contributed by atoms with Crippen LogP contribution in [0.15, 0.2) is 12.2 Å². The molecule has 0 aromatic carbocycles. The van der Waals surface area contributed by atoms with E-state index in [0.717, 1.165) is 25.7 Å². The molecule has 0 rings (SSSR count). The third-order valence-electron chi connectivity index (χ3n) is 6.54. The minimum Gasteiger partial charge on any atom is -0.481 e. The van der Waals surface area contributed by atoms with Crippen molar-refractivity contribution >= 4 is 11.9 Å². The third kappa shape index (κ3) is 23.8. The van der Waals surface area contributed by atoms with Crippen LogP contribution >= 0.6 is 0 Å². The lowest BCUT2D eigenvalue weighted by Gasteiger charge is -2.11. The molecule has 0 saturated carbocycles. The first-order valence-electron chi connectivity index (χ1n) is 14.6. The van der Waals surface area contributed by atoms with E-state index in [-0.39, 0.29) is 12.4 Å². The largest absolute Gasteiger partial charge is 0.481 e. The van der Waals surface area contributed by atoms with E-state index in [9.17, 15) is 14.7 Å². The number of carboxylic acid groups (broad SMARTS) is 1. The minimum absolute atomic E-state index is 0.00428. The van der Waals surface area contributed by atoms with Crippen molar-refractivity contribution in [2.75, 3.05) is 6.61 Å². The van der Waals surface area contributed by atoms with Crippen LogP contribution in [0.25, 0.3) is 0 Å². The average Bonchev–Trinajstić information content (AvgIpc) is 2.82. The maximum atomic E-state index is 11.6. The Morgan fingerprint density at radius 1 is 0.647 bits per heavy atom. The first kappa shape index (κ1) is 32.7. The zero-order valence-electron chi connectivity index (χ0n) is 22.7. The van der Waals surface area contributed by atoms with Crippen LogP contribution in [0.4, 0.5) is 0 Å². The predicted octanol–water partition coefficient (Wildman–Crippen LogP) is 9.41. The molecule has 0 aliphatic heterocycles. The Morgan fingerprint density at radius 2 is 1.09 bits per heavy atom. The Kier molecular flexibility index (Phi) is 25.3. The van der Waals surface area contributed by atoms with Gasteiger partial charge in [0.1, 0.15) is 0 Å². The van der Waals surface area contributed by atoms with Crippen LogP contribution in [0.1, 0.15) is 155 Å². The molecule has 4 nitrogen and oxygen atoms in total. The van der Waals surface area contributed by atoms with Gasteiger partial charge in [0.2, 0.25) is 0 Å². The molecular formula is C30H56O4. The number of unbranched alkanes of at least 4 members (excludes halogenated alkanes) is 17. The minimum atomic E-state index is -0.878. The highest BCUT2D eigenvalue weighted by Gasteiger charge is 2.21. The van der Waals surface area contributed by atoms with Gasteiger partial charge in [-0.05, 0) is 38.5 Å². The molecule has 0 bridgehead atoms. The van der Waals surface area contributed by atoms with Gasteiger partial charge in [-0.1, -0.05) is 122 Å². The van der Waals surface area contributed by atoms with Crippen LogP contribution < -0.4 is 0 Å². The molecule has 200 valence electrons. The van der Waals surface area contributed by atoms with Crippen molar-refractivity contribution < 1.29 is 19.4 Å². The molecular weight excluding hydrogens is 424 g/mol. The topological polar surface area (TPSA) is 63.6 Å². The number of carboxylic acids is 1. The van der Waals surface area contributed by atoms with Crippen LogP contribution in [-0.2, 0) is 14.3 Å². The summed E-state index contributed by atoms with van der Waals surface area (Å²) in [7, 11) is 0. The molecule has 0 heterocycles. The normalized spacial score (nSPS) is 12.3. The summed E-state index contributed by atoms with van der Waals surface area (Å²) in [5.41, 5.74) is 0. The quantitative estimate of drug-likeness (QED) is 0.0760. The van der Waals surface area contributed by atoms with Gasteiger partial charge in [0, 0.05) is 0 Å². The monoisotopic (exact) mass is 480 g/mol. The lowest BCUT2D eigenvalue weighted by molar-refractivity contribution is -0.151. The molecule has 0 radical (unpaired) electrons. The van der Waals surface area contributed by atoms with Gasteiger partial charge in [0.05, 0.1) is 18.9 Å². The summed E-state index contributed by atoms with van der Waals surface area (Å²) in [6, 6.07) is 0. The molecule has 0 aromatic heterocycles. The fourth-order valence-electron chi connectivity index (χ4n) is 4.31. The number of rotatable bonds is 26. The van der Waals surface area contributed by atoms with Gasteiger partial charge in [0.15, 0.2) is 0 Å². The molecule has 0 saturated heterocycles. The molecule has 4 heteroatoms. The van der Waals surface area contributed by atoms with Crippen LogP contribution in [0, 0.1) is 5.92 Å². The summed E-state index contributed by atoms with van der Waals surface area (Å²) in [6.45, 7) is 4.58. The Balaban J connectivity index is 3.39. The van der Waals surface area contributed by atoms with Crippen LogP contribution in [0.2, 0.25) is 0 Å². The first-order valence-corrected chi connectivity index (χ1v) is 14.6. The van der Waals surface area contributed by atoms with E-state index in [0.29, 0.717) is 13.0 Å². The highest BCUT2D eigenvalue weighted by molar-refractivity contribution is 5.78. The zero-order valence-corrected chi connectivity index (χ0v) is 22.7. The predicted molar refractivity (Wildman–Crippen MR) is 144 cm³/mol. The SMILES string of the molecule is CCCCCCCCC/C=C/CCCCCCCCCCCCC(CC(=O)OCCC)C(=O)O. The van der Waals surface area contributed by atoms with Gasteiger partial charge in [0.25, 0.3) is 0 Å². The second kappa shape index (κ2) is 26.3. The molecule has 0 aromatic rings. The van der Waals surface area contributed by atoms with Crippen molar-refractivity contribution in [2.24, 2.45) is 5.92 Å². The van der Waals surface area contributed by atoms with Crippen molar-refractivity contribution in [1.82, 2.24) is 0 Å². The average molecular weight is 481 g/mol. The number of ether oxygens (including phenoxy) is 1. The van der Waals surface area contributed by atoms with E-state index < -0.39 is 11.9 Å². The lowest BCUT2D eigenvalue weighted by Crippen LogP contribution is -2.19. The van der Waals surface area contributed by atoms with E-state index in [1.54, 1.807) is 0 Å². The van der Waals surface area contributed by atoms with Crippen molar-refractivity contribution in [3.8, 4) is 0 Å². The van der Waals surface area contributed by atoms with Gasteiger partial charge in [-0.15, -0.1) is 0 Å². The molecule has 0 aliphatic rings. The molecule has 1 unspecified atom stereocenters. The van der Waals surface area contributed by atoms with Gasteiger partial charge in [-0.3, -0.25) is 9.59 Å². The van der Waals surface area contributed by atoms with Crippen LogP contribution in [-0.4, -0.2) is 23.7 Å². The fraction of sp³-hybridized carbons (Fsp3) is 0.867. The van der Waals surface area contributed by atoms with Gasteiger partial charge in [-0.2, -0.15) is 0 Å². The highest BCUT2D eigenvalue weighted by Crippen LogP contribution is 2.17. The second-order valence-electron chi connectivity index (χ2n) is 9.95. The molecule has 0 spiro atoms. The molecule has 0 fully saturated rings. The number of hydrogen-bond acceptors (Lipinski definition) is 3.